The Kier molecular flexibility index (Phi) is 14.2. The van der Waals surface area contributed by atoms with Gasteiger partial charge < -0.3 is 4.90 Å². The minimum absolute atomic E-state index is 0.769. The highest BCUT2D eigenvalue weighted by Crippen LogP contribution is 2.10. The van der Waals surface area contributed by atoms with Crippen molar-refractivity contribution < 1.29 is 0 Å². The van der Waals surface area contributed by atoms with Gasteiger partial charge in [-0.2, -0.15) is 0 Å². The van der Waals surface area contributed by atoms with E-state index in [1.54, 1.807) is 0 Å². The molecule has 1 fully saturated rings. The average Bonchev–Trinajstić information content (AvgIpc) is 2.25. The first-order valence-electron chi connectivity index (χ1n) is 6.05. The Morgan fingerprint density at radius 3 is 1.38 bits per heavy atom. The van der Waals surface area contributed by atoms with E-state index in [1.165, 1.54) is 32.4 Å². The molecule has 0 amide bonds. The molecule has 0 aromatic rings. The Morgan fingerprint density at radius 2 is 1.15 bits per heavy atom. The molecule has 1 aliphatic rings. The minimum Gasteiger partial charge on any atom is -0.301 e. The fourth-order valence-corrected chi connectivity index (χ4v) is 1.43. The summed E-state index contributed by atoms with van der Waals surface area (Å²) < 4.78 is 0. The van der Waals surface area contributed by atoms with Crippen molar-refractivity contribution in [2.45, 2.75) is 66.8 Å². The van der Waals surface area contributed by atoms with Crippen molar-refractivity contribution in [2.75, 3.05) is 13.1 Å². The molecule has 0 bridgehead atoms. The second-order valence-corrected chi connectivity index (χ2v) is 3.19. The Bertz CT molecular complexity index is 73.2. The third kappa shape index (κ3) is 8.29. The van der Waals surface area contributed by atoms with Crippen LogP contribution >= 0.6 is 0 Å². The van der Waals surface area contributed by atoms with Crippen molar-refractivity contribution in [3.8, 4) is 0 Å². The third-order valence-electron chi connectivity index (χ3n) is 2.12. The first kappa shape index (κ1) is 15.4. The monoisotopic (exact) mass is 187 g/mol. The second kappa shape index (κ2) is 12.0. The first-order chi connectivity index (χ1) is 6.30. The van der Waals surface area contributed by atoms with Crippen molar-refractivity contribution >= 4 is 0 Å². The SMILES string of the molecule is CC.CC.CC(C)N1CCCCC1. The quantitative estimate of drug-likeness (QED) is 0.601. The van der Waals surface area contributed by atoms with Gasteiger partial charge >= 0.3 is 0 Å². The maximum absolute atomic E-state index is 2.56. The smallest absolute Gasteiger partial charge is 0.00385 e. The van der Waals surface area contributed by atoms with Crippen LogP contribution in [0.5, 0.6) is 0 Å². The molecular formula is C12H29N. The van der Waals surface area contributed by atoms with Crippen molar-refractivity contribution in [1.29, 1.82) is 0 Å². The van der Waals surface area contributed by atoms with Gasteiger partial charge in [-0.25, -0.2) is 0 Å². The zero-order chi connectivity index (χ0) is 10.7. The van der Waals surface area contributed by atoms with Crippen LogP contribution in [0.15, 0.2) is 0 Å². The van der Waals surface area contributed by atoms with Gasteiger partial charge in [-0.1, -0.05) is 34.1 Å². The second-order valence-electron chi connectivity index (χ2n) is 3.19. The van der Waals surface area contributed by atoms with E-state index in [0.29, 0.717) is 0 Å². The van der Waals surface area contributed by atoms with Crippen LogP contribution in [0, 0.1) is 0 Å². The molecule has 1 heterocycles. The molecule has 0 spiro atoms. The maximum atomic E-state index is 2.56. The average molecular weight is 187 g/mol. The van der Waals surface area contributed by atoms with Crippen molar-refractivity contribution in [3.63, 3.8) is 0 Å². The Morgan fingerprint density at radius 1 is 0.769 bits per heavy atom. The molecule has 1 nitrogen and oxygen atoms in total. The molecule has 82 valence electrons. The molecule has 0 N–H and O–H groups in total. The molecular weight excluding hydrogens is 158 g/mol. The highest BCUT2D eigenvalue weighted by Gasteiger charge is 2.11. The lowest BCUT2D eigenvalue weighted by Crippen LogP contribution is -2.35. The predicted octanol–water partition coefficient (Wildman–Crippen LogP) is 3.93. The molecule has 0 aliphatic carbocycles. The van der Waals surface area contributed by atoms with Crippen LogP contribution in [-0.2, 0) is 0 Å². The van der Waals surface area contributed by atoms with E-state index in [2.05, 4.69) is 18.7 Å². The van der Waals surface area contributed by atoms with E-state index in [1.807, 2.05) is 27.7 Å². The number of hydrogen-bond donors (Lipinski definition) is 0. The number of likely N-dealkylation sites (tertiary alicyclic amines) is 1. The van der Waals surface area contributed by atoms with E-state index in [9.17, 15) is 0 Å². The molecule has 13 heavy (non-hydrogen) atoms. The third-order valence-corrected chi connectivity index (χ3v) is 2.12. The maximum Gasteiger partial charge on any atom is 0.00385 e. The molecule has 0 atom stereocenters. The molecule has 1 aliphatic heterocycles. The molecule has 0 saturated carbocycles. The summed E-state index contributed by atoms with van der Waals surface area (Å²) in [4.78, 5) is 2.56. The van der Waals surface area contributed by atoms with Gasteiger partial charge in [-0.3, -0.25) is 0 Å². The fraction of sp³-hybridized carbons (Fsp3) is 1.00. The number of rotatable bonds is 1. The summed E-state index contributed by atoms with van der Waals surface area (Å²) in [6.07, 6.45) is 4.28. The summed E-state index contributed by atoms with van der Waals surface area (Å²) >= 11 is 0. The van der Waals surface area contributed by atoms with Gasteiger partial charge in [0.25, 0.3) is 0 Å². The van der Waals surface area contributed by atoms with Crippen LogP contribution < -0.4 is 0 Å². The molecule has 0 unspecified atom stereocenters. The zero-order valence-corrected chi connectivity index (χ0v) is 10.6. The minimum atomic E-state index is 0.769. The molecule has 0 aromatic heterocycles. The van der Waals surface area contributed by atoms with E-state index in [0.717, 1.165) is 6.04 Å². The lowest BCUT2D eigenvalue weighted by molar-refractivity contribution is 0.185. The fourth-order valence-electron chi connectivity index (χ4n) is 1.43. The van der Waals surface area contributed by atoms with Gasteiger partial charge in [0.1, 0.15) is 0 Å². The summed E-state index contributed by atoms with van der Waals surface area (Å²) in [6, 6.07) is 0.769. The Balaban J connectivity index is 0. The Labute approximate surface area is 85.5 Å². The molecule has 0 radical (unpaired) electrons. The van der Waals surface area contributed by atoms with Crippen LogP contribution in [0.2, 0.25) is 0 Å². The van der Waals surface area contributed by atoms with Gasteiger partial charge in [0, 0.05) is 6.04 Å². The number of nitrogens with zero attached hydrogens (tertiary/aromatic N) is 1. The summed E-state index contributed by atoms with van der Waals surface area (Å²) in [6.45, 7) is 15.2. The lowest BCUT2D eigenvalue weighted by atomic mass is 10.1. The lowest BCUT2D eigenvalue weighted by Gasteiger charge is -2.29. The van der Waals surface area contributed by atoms with Crippen molar-refractivity contribution in [1.82, 2.24) is 4.90 Å². The molecule has 0 aromatic carbocycles. The molecule has 1 heteroatoms. The van der Waals surface area contributed by atoms with Gasteiger partial charge in [0.2, 0.25) is 0 Å². The van der Waals surface area contributed by atoms with Crippen molar-refractivity contribution in [2.24, 2.45) is 0 Å². The van der Waals surface area contributed by atoms with Gasteiger partial charge in [0.15, 0.2) is 0 Å². The standard InChI is InChI=1S/C8H17N.2C2H6/c1-8(2)9-6-4-3-5-7-9;2*1-2/h8H,3-7H2,1-2H3;2*1-2H3. The highest BCUT2D eigenvalue weighted by atomic mass is 15.1. The summed E-state index contributed by atoms with van der Waals surface area (Å²) in [7, 11) is 0. The summed E-state index contributed by atoms with van der Waals surface area (Å²) in [5.41, 5.74) is 0. The van der Waals surface area contributed by atoms with Crippen LogP contribution in [-0.4, -0.2) is 24.0 Å². The largest absolute Gasteiger partial charge is 0.301 e. The first-order valence-corrected chi connectivity index (χ1v) is 6.05. The van der Waals surface area contributed by atoms with Crippen molar-refractivity contribution in [3.05, 3.63) is 0 Å². The molecule has 1 rings (SSSR count). The van der Waals surface area contributed by atoms with Crippen LogP contribution in [0.3, 0.4) is 0 Å². The number of piperidine rings is 1. The van der Waals surface area contributed by atoms with Crippen LogP contribution in [0.25, 0.3) is 0 Å². The topological polar surface area (TPSA) is 3.24 Å². The van der Waals surface area contributed by atoms with E-state index >= 15 is 0 Å². The van der Waals surface area contributed by atoms with Gasteiger partial charge in [0.05, 0.1) is 0 Å². The van der Waals surface area contributed by atoms with Gasteiger partial charge in [-0.05, 0) is 39.8 Å². The normalized spacial score (nSPS) is 16.8. The summed E-state index contributed by atoms with van der Waals surface area (Å²) in [5.74, 6) is 0. The van der Waals surface area contributed by atoms with E-state index in [-0.39, 0.29) is 0 Å². The number of hydrogen-bond acceptors (Lipinski definition) is 1. The van der Waals surface area contributed by atoms with E-state index < -0.39 is 0 Å². The predicted molar refractivity (Wildman–Crippen MR) is 63.3 cm³/mol. The van der Waals surface area contributed by atoms with E-state index in [4.69, 9.17) is 0 Å². The van der Waals surface area contributed by atoms with Crippen LogP contribution in [0.4, 0.5) is 0 Å². The zero-order valence-electron chi connectivity index (χ0n) is 10.6. The Hall–Kier alpha value is -0.0400. The highest BCUT2D eigenvalue weighted by molar-refractivity contribution is 4.67. The molecule has 1 saturated heterocycles. The van der Waals surface area contributed by atoms with Crippen LogP contribution in [0.1, 0.15) is 60.8 Å². The van der Waals surface area contributed by atoms with Gasteiger partial charge in [-0.15, -0.1) is 0 Å². The summed E-state index contributed by atoms with van der Waals surface area (Å²) in [5, 5.41) is 0.